The molecule has 1 N–H and O–H groups in total. The third-order valence-corrected chi connectivity index (χ3v) is 6.30. The Hall–Kier alpha value is -4.40. The van der Waals surface area contributed by atoms with Gasteiger partial charge in [-0.15, -0.1) is 0 Å². The van der Waals surface area contributed by atoms with E-state index in [9.17, 15) is 4.79 Å². The van der Waals surface area contributed by atoms with Crippen LogP contribution < -0.4 is 15.0 Å². The van der Waals surface area contributed by atoms with Crippen LogP contribution in [0, 0.1) is 6.92 Å². The summed E-state index contributed by atoms with van der Waals surface area (Å²) in [5.74, 6) is 3.26. The maximum Gasteiger partial charge on any atom is 0.411 e. The number of aryl methyl sites for hydroxylation is 1. The number of fused-ring (bicyclic) bond motifs is 6. The van der Waals surface area contributed by atoms with E-state index < -0.39 is 6.09 Å². The first-order chi connectivity index (χ1) is 17.1. The lowest BCUT2D eigenvalue weighted by Crippen LogP contribution is -2.21. The number of hydrogen-bond acceptors (Lipinski definition) is 7. The van der Waals surface area contributed by atoms with E-state index in [2.05, 4.69) is 38.8 Å². The number of nitrogens with one attached hydrogen (secondary N) is 1. The van der Waals surface area contributed by atoms with Crippen LogP contribution >= 0.6 is 0 Å². The SMILES string of the molecule is CCN1c2ncc(CCOc3cccc4c3COC(=O)N4)cc2-c2ncc(C)n2-c2cccnc21. The van der Waals surface area contributed by atoms with Crippen LogP contribution in [-0.2, 0) is 17.8 Å². The van der Waals surface area contributed by atoms with Gasteiger partial charge in [0.1, 0.15) is 24.0 Å². The number of nitrogens with zero attached hydrogens (tertiary/aromatic N) is 5. The van der Waals surface area contributed by atoms with Crippen molar-refractivity contribution in [2.24, 2.45) is 0 Å². The zero-order valence-electron chi connectivity index (χ0n) is 19.5. The quantitative estimate of drug-likeness (QED) is 0.450. The minimum Gasteiger partial charge on any atom is -0.493 e. The van der Waals surface area contributed by atoms with Gasteiger partial charge < -0.3 is 14.4 Å². The summed E-state index contributed by atoms with van der Waals surface area (Å²) >= 11 is 0. The summed E-state index contributed by atoms with van der Waals surface area (Å²) in [6.45, 7) is 5.53. The fourth-order valence-electron chi connectivity index (χ4n) is 4.65. The van der Waals surface area contributed by atoms with E-state index in [1.165, 1.54) is 0 Å². The monoisotopic (exact) mass is 468 g/mol. The maximum atomic E-state index is 11.5. The zero-order valence-corrected chi connectivity index (χ0v) is 19.5. The average Bonchev–Trinajstić information content (AvgIpc) is 3.21. The number of carbonyl (C=O) groups excluding carboxylic acids is 1. The van der Waals surface area contributed by atoms with E-state index in [1.54, 1.807) is 0 Å². The van der Waals surface area contributed by atoms with Gasteiger partial charge in [-0.1, -0.05) is 6.07 Å². The molecule has 3 aromatic heterocycles. The van der Waals surface area contributed by atoms with E-state index in [1.807, 2.05) is 49.8 Å². The van der Waals surface area contributed by atoms with Crippen molar-refractivity contribution in [3.05, 3.63) is 71.8 Å². The number of amides is 1. The number of benzene rings is 1. The first kappa shape index (κ1) is 21.2. The summed E-state index contributed by atoms with van der Waals surface area (Å²) in [6.07, 6.45) is 5.80. The number of pyridine rings is 2. The predicted octanol–water partition coefficient (Wildman–Crippen LogP) is 4.79. The van der Waals surface area contributed by atoms with E-state index in [0.717, 1.165) is 57.8 Å². The van der Waals surface area contributed by atoms with Crippen molar-refractivity contribution < 1.29 is 14.3 Å². The summed E-state index contributed by atoms with van der Waals surface area (Å²) in [5, 5.41) is 2.71. The van der Waals surface area contributed by atoms with Crippen LogP contribution in [0.15, 0.2) is 55.0 Å². The predicted molar refractivity (Wildman–Crippen MR) is 131 cm³/mol. The molecular formula is C26H24N6O3. The molecule has 6 rings (SSSR count). The Morgan fingerprint density at radius 1 is 1.11 bits per heavy atom. The zero-order chi connectivity index (χ0) is 23.9. The van der Waals surface area contributed by atoms with E-state index in [4.69, 9.17) is 19.4 Å². The third-order valence-electron chi connectivity index (χ3n) is 6.30. The summed E-state index contributed by atoms with van der Waals surface area (Å²) in [6, 6.07) is 11.7. The highest BCUT2D eigenvalue weighted by molar-refractivity contribution is 5.88. The minimum atomic E-state index is -0.447. The van der Waals surface area contributed by atoms with Crippen molar-refractivity contribution in [1.29, 1.82) is 0 Å². The second-order valence-corrected chi connectivity index (χ2v) is 8.45. The number of cyclic esters (lactones) is 1. The minimum absolute atomic E-state index is 0.196. The summed E-state index contributed by atoms with van der Waals surface area (Å²) in [4.78, 5) is 27.9. The number of rotatable bonds is 5. The van der Waals surface area contributed by atoms with Crippen LogP contribution in [0.25, 0.3) is 17.1 Å². The summed E-state index contributed by atoms with van der Waals surface area (Å²) < 4.78 is 13.3. The fourth-order valence-corrected chi connectivity index (χ4v) is 4.65. The molecule has 4 aromatic rings. The molecule has 0 saturated carbocycles. The number of aromatic nitrogens is 4. The van der Waals surface area contributed by atoms with Gasteiger partial charge in [0.2, 0.25) is 0 Å². The Balaban J connectivity index is 1.31. The molecule has 0 atom stereocenters. The molecule has 35 heavy (non-hydrogen) atoms. The van der Waals surface area contributed by atoms with Gasteiger partial charge in [-0.3, -0.25) is 9.88 Å². The van der Waals surface area contributed by atoms with Gasteiger partial charge in [-0.05, 0) is 49.7 Å². The molecule has 1 aromatic carbocycles. The average molecular weight is 469 g/mol. The van der Waals surface area contributed by atoms with Crippen molar-refractivity contribution in [3.8, 4) is 22.8 Å². The number of ether oxygens (including phenoxy) is 2. The second kappa shape index (κ2) is 8.43. The van der Waals surface area contributed by atoms with E-state index in [-0.39, 0.29) is 6.61 Å². The molecule has 0 aliphatic carbocycles. The Labute approximate surface area is 202 Å². The Morgan fingerprint density at radius 3 is 2.91 bits per heavy atom. The Kier molecular flexibility index (Phi) is 5.09. The molecule has 0 unspecified atom stereocenters. The first-order valence-corrected chi connectivity index (χ1v) is 11.6. The molecule has 0 saturated heterocycles. The molecule has 2 aliphatic rings. The summed E-state index contributed by atoms with van der Waals surface area (Å²) in [5.41, 5.74) is 5.60. The van der Waals surface area contributed by atoms with Gasteiger partial charge >= 0.3 is 6.09 Å². The molecule has 0 bridgehead atoms. The molecule has 176 valence electrons. The molecule has 2 aliphatic heterocycles. The number of anilines is 3. The molecule has 0 radical (unpaired) electrons. The Morgan fingerprint density at radius 2 is 2.03 bits per heavy atom. The highest BCUT2D eigenvalue weighted by Crippen LogP contribution is 2.41. The number of imidazole rings is 1. The molecule has 9 heteroatoms. The maximum absolute atomic E-state index is 11.5. The van der Waals surface area contributed by atoms with Crippen LogP contribution in [-0.4, -0.2) is 38.8 Å². The van der Waals surface area contributed by atoms with Gasteiger partial charge in [0.15, 0.2) is 5.82 Å². The topological polar surface area (TPSA) is 94.4 Å². The molecule has 1 amide bonds. The van der Waals surface area contributed by atoms with Gasteiger partial charge in [-0.25, -0.2) is 19.7 Å². The van der Waals surface area contributed by atoms with Gasteiger partial charge in [0.05, 0.1) is 29.1 Å². The second-order valence-electron chi connectivity index (χ2n) is 8.45. The molecule has 0 spiro atoms. The van der Waals surface area contributed by atoms with Crippen LogP contribution in [0.5, 0.6) is 5.75 Å². The van der Waals surface area contributed by atoms with Crippen LogP contribution in [0.4, 0.5) is 22.1 Å². The number of hydrogen-bond donors (Lipinski definition) is 1. The fraction of sp³-hybridized carbons (Fsp3) is 0.231. The summed E-state index contributed by atoms with van der Waals surface area (Å²) in [7, 11) is 0. The smallest absolute Gasteiger partial charge is 0.411 e. The molecule has 5 heterocycles. The van der Waals surface area contributed by atoms with Gasteiger partial charge in [0, 0.05) is 37.3 Å². The third kappa shape index (κ3) is 3.56. The van der Waals surface area contributed by atoms with E-state index in [0.29, 0.717) is 18.8 Å². The van der Waals surface area contributed by atoms with Gasteiger partial charge in [-0.2, -0.15) is 0 Å². The van der Waals surface area contributed by atoms with Crippen molar-refractivity contribution in [2.45, 2.75) is 26.9 Å². The molecule has 9 nitrogen and oxygen atoms in total. The van der Waals surface area contributed by atoms with Crippen molar-refractivity contribution >= 4 is 23.4 Å². The largest absolute Gasteiger partial charge is 0.493 e. The highest BCUT2D eigenvalue weighted by Gasteiger charge is 2.28. The van der Waals surface area contributed by atoms with Crippen molar-refractivity contribution in [2.75, 3.05) is 23.4 Å². The standard InChI is InChI=1S/C26H24N6O3/c1-3-31-23-18(24-28-13-16(2)32(24)21-7-5-10-27-25(21)31)12-17(14-29-23)9-11-34-22-8-4-6-20-19(22)15-35-26(33)30-20/h4-8,10,12-14H,3,9,11,15H2,1-2H3,(H,30,33). The van der Waals surface area contributed by atoms with Crippen LogP contribution in [0.3, 0.4) is 0 Å². The Bertz CT molecular complexity index is 1450. The van der Waals surface area contributed by atoms with Crippen LogP contribution in [0.2, 0.25) is 0 Å². The lowest BCUT2D eigenvalue weighted by Gasteiger charge is -2.23. The molecule has 0 fully saturated rings. The van der Waals surface area contributed by atoms with Crippen molar-refractivity contribution in [3.63, 3.8) is 0 Å². The normalized spacial score (nSPS) is 13.5. The highest BCUT2D eigenvalue weighted by atomic mass is 16.6. The molecular weight excluding hydrogens is 444 g/mol. The van der Waals surface area contributed by atoms with Crippen LogP contribution in [0.1, 0.15) is 23.7 Å². The first-order valence-electron chi connectivity index (χ1n) is 11.6. The number of carbonyl (C=O) groups is 1. The lowest BCUT2D eigenvalue weighted by atomic mass is 10.1. The van der Waals surface area contributed by atoms with Gasteiger partial charge in [0.25, 0.3) is 0 Å². The van der Waals surface area contributed by atoms with Crippen molar-refractivity contribution in [1.82, 2.24) is 19.5 Å². The van der Waals surface area contributed by atoms with E-state index >= 15 is 0 Å². The lowest BCUT2D eigenvalue weighted by molar-refractivity contribution is 0.149.